The van der Waals surface area contributed by atoms with Gasteiger partial charge in [-0.05, 0) is 32.6 Å². The SMILES string of the molecule is CCOC1CC(N2CCOCC2)C(OCC)CC1C. The first-order chi connectivity index (χ1) is 9.26. The second kappa shape index (κ2) is 7.58. The van der Waals surface area contributed by atoms with E-state index in [4.69, 9.17) is 14.2 Å². The van der Waals surface area contributed by atoms with Crippen molar-refractivity contribution in [2.45, 2.75) is 51.9 Å². The summed E-state index contributed by atoms with van der Waals surface area (Å²) in [5.74, 6) is 0.591. The summed E-state index contributed by atoms with van der Waals surface area (Å²) in [7, 11) is 0. The van der Waals surface area contributed by atoms with Crippen molar-refractivity contribution in [3.63, 3.8) is 0 Å². The molecule has 0 N–H and O–H groups in total. The molecule has 0 aromatic heterocycles. The first-order valence-electron chi connectivity index (χ1n) is 7.81. The summed E-state index contributed by atoms with van der Waals surface area (Å²) in [6.45, 7) is 11.8. The van der Waals surface area contributed by atoms with E-state index < -0.39 is 0 Å². The number of morpholine rings is 1. The van der Waals surface area contributed by atoms with Crippen LogP contribution in [0.1, 0.15) is 33.6 Å². The van der Waals surface area contributed by atoms with Crippen LogP contribution < -0.4 is 0 Å². The monoisotopic (exact) mass is 271 g/mol. The molecule has 0 radical (unpaired) electrons. The molecule has 1 aliphatic heterocycles. The lowest BCUT2D eigenvalue weighted by molar-refractivity contribution is -0.113. The van der Waals surface area contributed by atoms with Crippen molar-refractivity contribution in [2.24, 2.45) is 5.92 Å². The highest BCUT2D eigenvalue weighted by atomic mass is 16.5. The zero-order chi connectivity index (χ0) is 13.7. The van der Waals surface area contributed by atoms with Gasteiger partial charge in [-0.15, -0.1) is 0 Å². The standard InChI is InChI=1S/C15H29NO3/c1-4-18-14-11-13(16-6-8-17-9-7-16)15(19-5-2)10-12(14)3/h12-15H,4-11H2,1-3H3. The van der Waals surface area contributed by atoms with Crippen LogP contribution in [0.2, 0.25) is 0 Å². The molecule has 4 nitrogen and oxygen atoms in total. The van der Waals surface area contributed by atoms with E-state index in [1.165, 1.54) is 0 Å². The van der Waals surface area contributed by atoms with E-state index in [1.54, 1.807) is 0 Å². The Hall–Kier alpha value is -0.160. The minimum Gasteiger partial charge on any atom is -0.379 e. The molecule has 4 unspecified atom stereocenters. The summed E-state index contributed by atoms with van der Waals surface area (Å²) in [6, 6.07) is 0.497. The summed E-state index contributed by atoms with van der Waals surface area (Å²) in [4.78, 5) is 2.54. The highest BCUT2D eigenvalue weighted by Gasteiger charge is 2.39. The van der Waals surface area contributed by atoms with Gasteiger partial charge in [0.25, 0.3) is 0 Å². The molecule has 4 atom stereocenters. The Kier molecular flexibility index (Phi) is 6.07. The molecule has 2 rings (SSSR count). The summed E-state index contributed by atoms with van der Waals surface area (Å²) in [6.07, 6.45) is 2.95. The van der Waals surface area contributed by atoms with Gasteiger partial charge in [0.15, 0.2) is 0 Å². The Morgan fingerprint density at radius 3 is 2.26 bits per heavy atom. The maximum Gasteiger partial charge on any atom is 0.0734 e. The molecular formula is C15H29NO3. The van der Waals surface area contributed by atoms with Crippen molar-refractivity contribution >= 4 is 0 Å². The number of ether oxygens (including phenoxy) is 3. The Bertz CT molecular complexity index is 256. The van der Waals surface area contributed by atoms with Crippen LogP contribution in [0.15, 0.2) is 0 Å². The molecular weight excluding hydrogens is 242 g/mol. The van der Waals surface area contributed by atoms with Gasteiger partial charge < -0.3 is 14.2 Å². The molecule has 0 aromatic rings. The van der Waals surface area contributed by atoms with E-state index >= 15 is 0 Å². The number of hydrogen-bond donors (Lipinski definition) is 0. The maximum absolute atomic E-state index is 6.01. The fourth-order valence-corrected chi connectivity index (χ4v) is 3.43. The number of hydrogen-bond acceptors (Lipinski definition) is 4. The molecule has 0 spiro atoms. The summed E-state index contributed by atoms with van der Waals surface area (Å²) < 4.78 is 17.4. The lowest BCUT2D eigenvalue weighted by Crippen LogP contribution is -2.55. The van der Waals surface area contributed by atoms with Crippen LogP contribution in [0.3, 0.4) is 0 Å². The highest BCUT2D eigenvalue weighted by Crippen LogP contribution is 2.32. The normalized spacial score (nSPS) is 37.4. The lowest BCUT2D eigenvalue weighted by atomic mass is 9.81. The van der Waals surface area contributed by atoms with Gasteiger partial charge in [-0.3, -0.25) is 4.90 Å². The van der Waals surface area contributed by atoms with Crippen LogP contribution in [0.5, 0.6) is 0 Å². The third-order valence-electron chi connectivity index (χ3n) is 4.42. The average Bonchev–Trinajstić information content (AvgIpc) is 2.43. The Balaban J connectivity index is 2.01. The van der Waals surface area contributed by atoms with Gasteiger partial charge in [0.1, 0.15) is 0 Å². The molecule has 1 saturated carbocycles. The Morgan fingerprint density at radius 2 is 1.63 bits per heavy atom. The van der Waals surface area contributed by atoms with Crippen molar-refractivity contribution in [1.82, 2.24) is 4.90 Å². The van der Waals surface area contributed by atoms with Crippen molar-refractivity contribution in [3.8, 4) is 0 Å². The topological polar surface area (TPSA) is 30.9 Å². The van der Waals surface area contributed by atoms with Gasteiger partial charge >= 0.3 is 0 Å². The molecule has 2 fully saturated rings. The van der Waals surface area contributed by atoms with E-state index in [0.717, 1.165) is 52.4 Å². The van der Waals surface area contributed by atoms with Crippen LogP contribution in [0.4, 0.5) is 0 Å². The van der Waals surface area contributed by atoms with Gasteiger partial charge in [-0.25, -0.2) is 0 Å². The van der Waals surface area contributed by atoms with Crippen molar-refractivity contribution in [2.75, 3.05) is 39.5 Å². The molecule has 0 bridgehead atoms. The zero-order valence-corrected chi connectivity index (χ0v) is 12.6. The van der Waals surface area contributed by atoms with E-state index in [9.17, 15) is 0 Å². The van der Waals surface area contributed by atoms with E-state index in [1.807, 2.05) is 0 Å². The van der Waals surface area contributed by atoms with Crippen LogP contribution in [-0.2, 0) is 14.2 Å². The Morgan fingerprint density at radius 1 is 1.00 bits per heavy atom. The predicted molar refractivity (Wildman–Crippen MR) is 75.4 cm³/mol. The summed E-state index contributed by atoms with van der Waals surface area (Å²) in [5.41, 5.74) is 0. The highest BCUT2D eigenvalue weighted by molar-refractivity contribution is 4.92. The summed E-state index contributed by atoms with van der Waals surface area (Å²) >= 11 is 0. The molecule has 19 heavy (non-hydrogen) atoms. The lowest BCUT2D eigenvalue weighted by Gasteiger charge is -2.45. The molecule has 1 saturated heterocycles. The van der Waals surface area contributed by atoms with E-state index in [2.05, 4.69) is 25.7 Å². The average molecular weight is 271 g/mol. The molecule has 0 amide bonds. The van der Waals surface area contributed by atoms with Gasteiger partial charge in [0.2, 0.25) is 0 Å². The van der Waals surface area contributed by atoms with Crippen LogP contribution >= 0.6 is 0 Å². The van der Waals surface area contributed by atoms with Crippen molar-refractivity contribution < 1.29 is 14.2 Å². The molecule has 2 aliphatic rings. The molecule has 1 heterocycles. The molecule has 112 valence electrons. The third-order valence-corrected chi connectivity index (χ3v) is 4.42. The molecule has 4 heteroatoms. The van der Waals surface area contributed by atoms with Gasteiger partial charge in [-0.1, -0.05) is 6.92 Å². The minimum absolute atomic E-state index is 0.356. The van der Waals surface area contributed by atoms with Crippen LogP contribution in [0.25, 0.3) is 0 Å². The minimum atomic E-state index is 0.356. The third kappa shape index (κ3) is 3.91. The largest absolute Gasteiger partial charge is 0.379 e. The maximum atomic E-state index is 6.01. The fraction of sp³-hybridized carbons (Fsp3) is 1.00. The molecule has 0 aromatic carbocycles. The smallest absolute Gasteiger partial charge is 0.0734 e. The predicted octanol–water partition coefficient (Wildman–Crippen LogP) is 1.93. The first-order valence-corrected chi connectivity index (χ1v) is 7.81. The van der Waals surface area contributed by atoms with Crippen LogP contribution in [0, 0.1) is 5.92 Å². The van der Waals surface area contributed by atoms with Gasteiger partial charge in [0.05, 0.1) is 25.4 Å². The molecule has 1 aliphatic carbocycles. The second-order valence-electron chi connectivity index (χ2n) is 5.65. The number of nitrogens with zero attached hydrogens (tertiary/aromatic N) is 1. The van der Waals surface area contributed by atoms with E-state index in [0.29, 0.717) is 24.2 Å². The number of rotatable bonds is 5. The van der Waals surface area contributed by atoms with Gasteiger partial charge in [-0.2, -0.15) is 0 Å². The van der Waals surface area contributed by atoms with E-state index in [-0.39, 0.29) is 0 Å². The second-order valence-corrected chi connectivity index (χ2v) is 5.65. The quantitative estimate of drug-likeness (QED) is 0.764. The summed E-state index contributed by atoms with van der Waals surface area (Å²) in [5, 5.41) is 0. The van der Waals surface area contributed by atoms with Gasteiger partial charge in [0, 0.05) is 32.3 Å². The van der Waals surface area contributed by atoms with Crippen molar-refractivity contribution in [1.29, 1.82) is 0 Å². The van der Waals surface area contributed by atoms with Crippen molar-refractivity contribution in [3.05, 3.63) is 0 Å². The zero-order valence-electron chi connectivity index (χ0n) is 12.6. The fourth-order valence-electron chi connectivity index (χ4n) is 3.43. The first kappa shape index (κ1) is 15.2. The Labute approximate surface area is 117 Å². The van der Waals surface area contributed by atoms with Crippen LogP contribution in [-0.4, -0.2) is 62.7 Å².